The molecule has 0 aromatic heterocycles. The number of fused-ring (bicyclic) bond motifs is 1. The molecule has 0 radical (unpaired) electrons. The molecular weight excluding hydrogens is 290 g/mol. The number of anilines is 2. The smallest absolute Gasteiger partial charge is 0.228 e. The van der Waals surface area contributed by atoms with Crippen molar-refractivity contribution in [2.75, 3.05) is 10.6 Å². The van der Waals surface area contributed by atoms with Crippen LogP contribution in [0.2, 0.25) is 0 Å². The molecule has 0 saturated carbocycles. The van der Waals surface area contributed by atoms with E-state index >= 15 is 0 Å². The van der Waals surface area contributed by atoms with E-state index in [2.05, 4.69) is 10.6 Å². The van der Waals surface area contributed by atoms with E-state index in [4.69, 9.17) is 0 Å². The van der Waals surface area contributed by atoms with E-state index in [1.54, 1.807) is 18.2 Å². The van der Waals surface area contributed by atoms with Gasteiger partial charge in [0.2, 0.25) is 11.8 Å². The first-order valence-corrected chi connectivity index (χ1v) is 6.68. The third-order valence-electron chi connectivity index (χ3n) is 3.38. The van der Waals surface area contributed by atoms with Crippen LogP contribution in [-0.2, 0) is 22.4 Å². The number of hydrogen-bond acceptors (Lipinski definition) is 2. The van der Waals surface area contributed by atoms with Crippen LogP contribution < -0.4 is 10.6 Å². The lowest BCUT2D eigenvalue weighted by molar-refractivity contribution is -0.116. The Balaban J connectivity index is 1.70. The second-order valence-electron chi connectivity index (χ2n) is 5.06. The van der Waals surface area contributed by atoms with E-state index in [1.807, 2.05) is 0 Å². The molecule has 0 unspecified atom stereocenters. The fourth-order valence-corrected chi connectivity index (χ4v) is 2.35. The summed E-state index contributed by atoms with van der Waals surface area (Å²) >= 11 is 0. The number of hydrogen-bond donors (Lipinski definition) is 2. The topological polar surface area (TPSA) is 58.2 Å². The van der Waals surface area contributed by atoms with Gasteiger partial charge in [0.1, 0.15) is 11.6 Å². The van der Waals surface area contributed by atoms with Crippen molar-refractivity contribution >= 4 is 23.2 Å². The van der Waals surface area contributed by atoms with Gasteiger partial charge in [-0.1, -0.05) is 6.07 Å². The van der Waals surface area contributed by atoms with E-state index in [1.165, 1.54) is 6.07 Å². The Morgan fingerprint density at radius 1 is 1.18 bits per heavy atom. The van der Waals surface area contributed by atoms with Crippen LogP contribution in [0.25, 0.3) is 0 Å². The van der Waals surface area contributed by atoms with Crippen molar-refractivity contribution < 1.29 is 18.4 Å². The van der Waals surface area contributed by atoms with Crippen molar-refractivity contribution in [1.29, 1.82) is 0 Å². The zero-order valence-corrected chi connectivity index (χ0v) is 11.5. The molecule has 0 saturated heterocycles. The second kappa shape index (κ2) is 5.55. The van der Waals surface area contributed by atoms with E-state index in [0.29, 0.717) is 5.69 Å². The summed E-state index contributed by atoms with van der Waals surface area (Å²) in [5.74, 6) is -1.94. The van der Waals surface area contributed by atoms with Gasteiger partial charge in [-0.15, -0.1) is 0 Å². The maximum absolute atomic E-state index is 13.5. The molecule has 22 heavy (non-hydrogen) atoms. The Hall–Kier alpha value is -2.76. The summed E-state index contributed by atoms with van der Waals surface area (Å²) < 4.78 is 26.3. The van der Waals surface area contributed by atoms with Gasteiger partial charge in [0.05, 0.1) is 12.8 Å². The first-order valence-electron chi connectivity index (χ1n) is 6.68. The lowest BCUT2D eigenvalue weighted by Gasteiger charge is -2.08. The minimum Gasteiger partial charge on any atom is -0.326 e. The highest BCUT2D eigenvalue weighted by atomic mass is 19.1. The van der Waals surface area contributed by atoms with Gasteiger partial charge >= 0.3 is 0 Å². The van der Waals surface area contributed by atoms with E-state index in [-0.39, 0.29) is 24.3 Å². The number of benzene rings is 2. The highest BCUT2D eigenvalue weighted by Gasteiger charge is 2.18. The quantitative estimate of drug-likeness (QED) is 0.915. The van der Waals surface area contributed by atoms with Crippen LogP contribution in [-0.4, -0.2) is 11.8 Å². The molecule has 2 aromatic carbocycles. The van der Waals surface area contributed by atoms with Crippen molar-refractivity contribution in [1.82, 2.24) is 0 Å². The number of carbonyl (C=O) groups is 2. The fourth-order valence-electron chi connectivity index (χ4n) is 2.35. The summed E-state index contributed by atoms with van der Waals surface area (Å²) in [6.45, 7) is 0. The Morgan fingerprint density at radius 3 is 2.77 bits per heavy atom. The molecule has 2 amide bonds. The Labute approximate surface area is 125 Å². The van der Waals surface area contributed by atoms with Crippen LogP contribution in [0.15, 0.2) is 36.4 Å². The summed E-state index contributed by atoms with van der Waals surface area (Å²) in [6.07, 6.45) is 0.0754. The van der Waals surface area contributed by atoms with Crippen molar-refractivity contribution in [3.05, 3.63) is 59.2 Å². The van der Waals surface area contributed by atoms with Crippen molar-refractivity contribution in [2.45, 2.75) is 12.8 Å². The molecular formula is C16H12F2N2O2. The predicted molar refractivity (Wildman–Crippen MR) is 77.5 cm³/mol. The fraction of sp³-hybridized carbons (Fsp3) is 0.125. The molecule has 0 spiro atoms. The number of nitrogens with one attached hydrogen (secondary N) is 2. The van der Waals surface area contributed by atoms with Crippen LogP contribution in [0.4, 0.5) is 20.2 Å². The first-order chi connectivity index (χ1) is 10.5. The molecule has 6 heteroatoms. The maximum atomic E-state index is 13.5. The number of carbonyl (C=O) groups excluding carboxylic acids is 2. The standard InChI is InChI=1S/C16H12F2N2O2/c17-11-2-1-9(13(18)8-11)6-15(21)19-12-3-4-14-10(5-12)7-16(22)20-14/h1-5,8H,6-7H2,(H,19,21)(H,20,22). The molecule has 0 bridgehead atoms. The van der Waals surface area contributed by atoms with Gasteiger partial charge in [-0.05, 0) is 35.4 Å². The van der Waals surface area contributed by atoms with Gasteiger partial charge in [-0.2, -0.15) is 0 Å². The molecule has 2 aromatic rings. The van der Waals surface area contributed by atoms with Crippen LogP contribution in [0.5, 0.6) is 0 Å². The van der Waals surface area contributed by atoms with Gasteiger partial charge < -0.3 is 10.6 Å². The zero-order valence-electron chi connectivity index (χ0n) is 11.5. The normalized spacial score (nSPS) is 12.7. The van der Waals surface area contributed by atoms with Gasteiger partial charge in [0.15, 0.2) is 0 Å². The Bertz CT molecular complexity index is 775. The van der Waals surface area contributed by atoms with Crippen LogP contribution >= 0.6 is 0 Å². The minimum absolute atomic E-state index is 0.0909. The minimum atomic E-state index is -0.751. The Morgan fingerprint density at radius 2 is 2.00 bits per heavy atom. The summed E-state index contributed by atoms with van der Waals surface area (Å²) in [7, 11) is 0. The molecule has 3 rings (SSSR count). The molecule has 1 heterocycles. The van der Waals surface area contributed by atoms with E-state index in [0.717, 1.165) is 23.4 Å². The lowest BCUT2D eigenvalue weighted by Crippen LogP contribution is -2.15. The van der Waals surface area contributed by atoms with Gasteiger partial charge in [0.25, 0.3) is 0 Å². The van der Waals surface area contributed by atoms with Gasteiger partial charge in [-0.3, -0.25) is 9.59 Å². The highest BCUT2D eigenvalue weighted by Crippen LogP contribution is 2.26. The lowest BCUT2D eigenvalue weighted by atomic mass is 10.1. The number of halogens is 2. The Kier molecular flexibility index (Phi) is 3.58. The number of amides is 2. The molecule has 1 aliphatic heterocycles. The van der Waals surface area contributed by atoms with Crippen molar-refractivity contribution in [3.8, 4) is 0 Å². The summed E-state index contributed by atoms with van der Waals surface area (Å²) in [5, 5.41) is 5.33. The molecule has 4 nitrogen and oxygen atoms in total. The average molecular weight is 302 g/mol. The van der Waals surface area contributed by atoms with Crippen molar-refractivity contribution in [3.63, 3.8) is 0 Å². The molecule has 0 fully saturated rings. The summed E-state index contributed by atoms with van der Waals surface area (Å²) in [6, 6.07) is 8.16. The van der Waals surface area contributed by atoms with Crippen molar-refractivity contribution in [2.24, 2.45) is 0 Å². The SMILES string of the molecule is O=C(Cc1ccc(F)cc1F)Nc1ccc2c(c1)CC(=O)N2. The monoisotopic (exact) mass is 302 g/mol. The number of rotatable bonds is 3. The molecule has 2 N–H and O–H groups in total. The molecule has 0 atom stereocenters. The molecule has 0 aliphatic carbocycles. The third kappa shape index (κ3) is 2.95. The highest BCUT2D eigenvalue weighted by molar-refractivity contribution is 6.00. The van der Waals surface area contributed by atoms with E-state index < -0.39 is 17.5 Å². The second-order valence-corrected chi connectivity index (χ2v) is 5.06. The third-order valence-corrected chi connectivity index (χ3v) is 3.38. The predicted octanol–water partition coefficient (Wildman–Crippen LogP) is 2.64. The largest absolute Gasteiger partial charge is 0.326 e. The van der Waals surface area contributed by atoms with Crippen LogP contribution in [0, 0.1) is 11.6 Å². The maximum Gasteiger partial charge on any atom is 0.228 e. The van der Waals surface area contributed by atoms with Crippen LogP contribution in [0.1, 0.15) is 11.1 Å². The van der Waals surface area contributed by atoms with Gasteiger partial charge in [-0.25, -0.2) is 8.78 Å². The molecule has 1 aliphatic rings. The zero-order chi connectivity index (χ0) is 15.7. The summed E-state index contributed by atoms with van der Waals surface area (Å²) in [5.41, 5.74) is 2.18. The molecule has 112 valence electrons. The van der Waals surface area contributed by atoms with E-state index in [9.17, 15) is 18.4 Å². The summed E-state index contributed by atoms with van der Waals surface area (Å²) in [4.78, 5) is 23.2. The average Bonchev–Trinajstić information content (AvgIpc) is 2.81. The van der Waals surface area contributed by atoms with Gasteiger partial charge in [0, 0.05) is 17.4 Å². The van der Waals surface area contributed by atoms with Crippen LogP contribution in [0.3, 0.4) is 0 Å². The first kappa shape index (κ1) is 14.2.